The molecule has 3 heterocycles. The zero-order valence-corrected chi connectivity index (χ0v) is 14.6. The monoisotopic (exact) mass is 347 g/mol. The summed E-state index contributed by atoms with van der Waals surface area (Å²) >= 11 is 0. The van der Waals surface area contributed by atoms with Crippen molar-refractivity contribution in [3.63, 3.8) is 0 Å². The van der Waals surface area contributed by atoms with E-state index in [1.807, 2.05) is 9.80 Å². The quantitative estimate of drug-likeness (QED) is 0.857. The van der Waals surface area contributed by atoms with Gasteiger partial charge in [0.05, 0.1) is 7.11 Å². The molecule has 0 radical (unpaired) electrons. The number of fused-ring (bicyclic) bond motifs is 1. The van der Waals surface area contributed by atoms with Gasteiger partial charge in [-0.05, 0) is 31.2 Å². The van der Waals surface area contributed by atoms with E-state index in [0.29, 0.717) is 49.8 Å². The topological polar surface area (TPSA) is 83.0 Å². The predicted molar refractivity (Wildman–Crippen MR) is 91.2 cm³/mol. The van der Waals surface area contributed by atoms with Gasteiger partial charge in [-0.3, -0.25) is 9.59 Å². The number of aliphatic hydroxyl groups excluding tert-OH is 1. The molecule has 0 aromatic carbocycles. The summed E-state index contributed by atoms with van der Waals surface area (Å²) in [5.41, 5.74) is 0.578. The van der Waals surface area contributed by atoms with Gasteiger partial charge in [-0.1, -0.05) is 0 Å². The molecule has 2 amide bonds. The Bertz CT molecular complexity index is 637. The van der Waals surface area contributed by atoms with Crippen molar-refractivity contribution in [2.24, 2.45) is 5.92 Å². The fourth-order valence-electron chi connectivity index (χ4n) is 3.90. The minimum Gasteiger partial charge on any atom is -0.481 e. The summed E-state index contributed by atoms with van der Waals surface area (Å²) in [5, 5.41) is 9.06. The van der Waals surface area contributed by atoms with E-state index >= 15 is 0 Å². The van der Waals surface area contributed by atoms with Crippen molar-refractivity contribution < 1.29 is 19.4 Å². The molecular weight excluding hydrogens is 322 g/mol. The Morgan fingerprint density at radius 2 is 2.28 bits per heavy atom. The molecule has 2 fully saturated rings. The minimum absolute atomic E-state index is 0.0158. The number of pyridine rings is 1. The molecule has 0 aliphatic carbocycles. The van der Waals surface area contributed by atoms with E-state index in [0.717, 1.165) is 12.8 Å². The van der Waals surface area contributed by atoms with Gasteiger partial charge in [-0.2, -0.15) is 0 Å². The van der Waals surface area contributed by atoms with Gasteiger partial charge in [0.1, 0.15) is 0 Å². The summed E-state index contributed by atoms with van der Waals surface area (Å²) in [6.07, 6.45) is 4.32. The maximum Gasteiger partial charge on any atom is 0.254 e. The number of rotatable bonds is 5. The number of amides is 2. The summed E-state index contributed by atoms with van der Waals surface area (Å²) in [6, 6.07) is 3.55. The molecule has 7 heteroatoms. The van der Waals surface area contributed by atoms with Crippen LogP contribution in [0, 0.1) is 5.92 Å². The van der Waals surface area contributed by atoms with Crippen molar-refractivity contribution in [1.82, 2.24) is 14.8 Å². The van der Waals surface area contributed by atoms with Crippen LogP contribution in [0.15, 0.2) is 18.3 Å². The van der Waals surface area contributed by atoms with Gasteiger partial charge in [0.2, 0.25) is 11.8 Å². The fraction of sp³-hybridized carbons (Fsp3) is 0.611. The summed E-state index contributed by atoms with van der Waals surface area (Å²) in [4.78, 5) is 32.8. The maximum atomic E-state index is 12.8. The average molecular weight is 347 g/mol. The number of likely N-dealkylation sites (tertiary alicyclic amines) is 2. The number of piperidine rings is 2. The second-order valence-electron chi connectivity index (χ2n) is 6.66. The Hall–Kier alpha value is -2.15. The lowest BCUT2D eigenvalue weighted by Gasteiger charge is -2.47. The minimum atomic E-state index is -0.0158. The third kappa shape index (κ3) is 3.76. The van der Waals surface area contributed by atoms with E-state index in [4.69, 9.17) is 9.84 Å². The van der Waals surface area contributed by atoms with Gasteiger partial charge in [0.15, 0.2) is 0 Å². The molecule has 7 nitrogen and oxygen atoms in total. The van der Waals surface area contributed by atoms with Crippen LogP contribution in [0.4, 0.5) is 0 Å². The van der Waals surface area contributed by atoms with Crippen molar-refractivity contribution in [2.75, 3.05) is 33.4 Å². The maximum absolute atomic E-state index is 12.8. The van der Waals surface area contributed by atoms with Crippen molar-refractivity contribution in [1.29, 1.82) is 0 Å². The first-order valence-electron chi connectivity index (χ1n) is 8.83. The zero-order valence-electron chi connectivity index (χ0n) is 14.6. The van der Waals surface area contributed by atoms with E-state index in [9.17, 15) is 9.59 Å². The standard InChI is InChI=1S/C18H25N3O4/c1-25-16-11-13(5-7-19-16)18(24)20-9-6-15-14(12-20)3-4-17(23)21(15)8-2-10-22/h5,7,11,14-15,22H,2-4,6,8-10,12H2,1H3/t14-,15+/m1/s1. The second kappa shape index (κ2) is 7.82. The molecule has 1 aromatic heterocycles. The van der Waals surface area contributed by atoms with Crippen LogP contribution >= 0.6 is 0 Å². The number of nitrogens with zero attached hydrogens (tertiary/aromatic N) is 3. The molecular formula is C18H25N3O4. The first kappa shape index (κ1) is 17.7. The average Bonchev–Trinajstić information content (AvgIpc) is 2.66. The van der Waals surface area contributed by atoms with E-state index in [1.54, 1.807) is 18.3 Å². The van der Waals surface area contributed by atoms with Crippen molar-refractivity contribution in [3.8, 4) is 5.88 Å². The Labute approximate surface area is 147 Å². The van der Waals surface area contributed by atoms with Crippen molar-refractivity contribution >= 4 is 11.8 Å². The van der Waals surface area contributed by atoms with Crippen LogP contribution in [0.25, 0.3) is 0 Å². The molecule has 0 bridgehead atoms. The van der Waals surface area contributed by atoms with Gasteiger partial charge in [-0.15, -0.1) is 0 Å². The molecule has 2 atom stereocenters. The van der Waals surface area contributed by atoms with Crippen LogP contribution in [0.1, 0.15) is 36.0 Å². The fourth-order valence-corrected chi connectivity index (χ4v) is 3.90. The van der Waals surface area contributed by atoms with Crippen molar-refractivity contribution in [2.45, 2.75) is 31.7 Å². The molecule has 136 valence electrons. The number of hydrogen-bond donors (Lipinski definition) is 1. The Kier molecular flexibility index (Phi) is 5.53. The molecule has 0 saturated carbocycles. The van der Waals surface area contributed by atoms with E-state index in [2.05, 4.69) is 4.98 Å². The highest BCUT2D eigenvalue weighted by molar-refractivity contribution is 5.94. The third-order valence-corrected chi connectivity index (χ3v) is 5.18. The molecule has 3 rings (SSSR count). The van der Waals surface area contributed by atoms with Crippen LogP contribution in [-0.4, -0.2) is 71.1 Å². The highest BCUT2D eigenvalue weighted by Crippen LogP contribution is 2.32. The van der Waals surface area contributed by atoms with Gasteiger partial charge < -0.3 is 19.6 Å². The SMILES string of the molecule is COc1cc(C(=O)N2CC[C@H]3[C@H](CCC(=O)N3CCCO)C2)ccn1. The predicted octanol–water partition coefficient (Wildman–Crippen LogP) is 0.926. The summed E-state index contributed by atoms with van der Waals surface area (Å²) in [5.74, 6) is 0.892. The number of aliphatic hydroxyl groups is 1. The number of hydrogen-bond acceptors (Lipinski definition) is 5. The summed E-state index contributed by atoms with van der Waals surface area (Å²) < 4.78 is 5.10. The summed E-state index contributed by atoms with van der Waals surface area (Å²) in [7, 11) is 1.53. The zero-order chi connectivity index (χ0) is 17.8. The van der Waals surface area contributed by atoms with Crippen LogP contribution in [0.3, 0.4) is 0 Å². The van der Waals surface area contributed by atoms with Gasteiger partial charge >= 0.3 is 0 Å². The van der Waals surface area contributed by atoms with Gasteiger partial charge in [0.25, 0.3) is 5.91 Å². The number of methoxy groups -OCH3 is 1. The molecule has 1 N–H and O–H groups in total. The number of aromatic nitrogens is 1. The Morgan fingerprint density at radius 1 is 1.44 bits per heavy atom. The molecule has 0 spiro atoms. The van der Waals surface area contributed by atoms with Crippen LogP contribution in [-0.2, 0) is 4.79 Å². The van der Waals surface area contributed by atoms with Crippen LogP contribution in [0.2, 0.25) is 0 Å². The third-order valence-electron chi connectivity index (χ3n) is 5.18. The highest BCUT2D eigenvalue weighted by Gasteiger charge is 2.40. The lowest BCUT2D eigenvalue weighted by molar-refractivity contribution is -0.140. The molecule has 1 aromatic rings. The van der Waals surface area contributed by atoms with E-state index in [1.165, 1.54) is 7.11 Å². The molecule has 25 heavy (non-hydrogen) atoms. The summed E-state index contributed by atoms with van der Waals surface area (Å²) in [6.45, 7) is 1.99. The molecule has 2 aliphatic heterocycles. The lowest BCUT2D eigenvalue weighted by atomic mass is 9.83. The Morgan fingerprint density at radius 3 is 3.04 bits per heavy atom. The number of carbonyl (C=O) groups is 2. The Balaban J connectivity index is 1.68. The van der Waals surface area contributed by atoms with Crippen LogP contribution in [0.5, 0.6) is 5.88 Å². The molecule has 2 aliphatic rings. The molecule has 2 saturated heterocycles. The van der Waals surface area contributed by atoms with E-state index in [-0.39, 0.29) is 24.5 Å². The first-order valence-corrected chi connectivity index (χ1v) is 8.83. The normalized spacial score (nSPS) is 23.4. The second-order valence-corrected chi connectivity index (χ2v) is 6.66. The van der Waals surface area contributed by atoms with Crippen LogP contribution < -0.4 is 4.74 Å². The smallest absolute Gasteiger partial charge is 0.254 e. The highest BCUT2D eigenvalue weighted by atomic mass is 16.5. The largest absolute Gasteiger partial charge is 0.481 e. The number of ether oxygens (including phenoxy) is 1. The number of carbonyl (C=O) groups excluding carboxylic acids is 2. The van der Waals surface area contributed by atoms with Gasteiger partial charge in [-0.25, -0.2) is 4.98 Å². The van der Waals surface area contributed by atoms with Gasteiger partial charge in [0, 0.05) is 56.5 Å². The lowest BCUT2D eigenvalue weighted by Crippen LogP contribution is -2.57. The molecule has 0 unspecified atom stereocenters. The first-order chi connectivity index (χ1) is 12.1. The van der Waals surface area contributed by atoms with Crippen molar-refractivity contribution in [3.05, 3.63) is 23.9 Å². The van der Waals surface area contributed by atoms with E-state index < -0.39 is 0 Å².